The molecule has 11 aromatic rings. The molecular weight excluding hydrogens is 715 g/mol. The van der Waals surface area contributed by atoms with Gasteiger partial charge in [-0.3, -0.25) is 0 Å². The van der Waals surface area contributed by atoms with E-state index in [2.05, 4.69) is 251 Å². The Kier molecular flexibility index (Phi) is 8.49. The summed E-state index contributed by atoms with van der Waals surface area (Å²) in [7, 11) is 0. The molecule has 10 aromatic carbocycles. The quantitative estimate of drug-likeness (QED) is 0.143. The highest BCUT2D eigenvalue weighted by Gasteiger charge is 2.24. The van der Waals surface area contributed by atoms with Crippen molar-refractivity contribution in [2.75, 3.05) is 9.80 Å². The summed E-state index contributed by atoms with van der Waals surface area (Å²) in [4.78, 5) is 4.83. The van der Waals surface area contributed by atoms with Gasteiger partial charge in [0.25, 0.3) is 0 Å². The van der Waals surface area contributed by atoms with Crippen molar-refractivity contribution in [1.29, 1.82) is 0 Å². The van der Waals surface area contributed by atoms with Gasteiger partial charge in [-0.05, 0) is 118 Å². The van der Waals surface area contributed by atoms with Crippen molar-refractivity contribution in [2.24, 2.45) is 0 Å². The van der Waals surface area contributed by atoms with Crippen LogP contribution in [-0.4, -0.2) is 4.57 Å². The molecule has 0 radical (unpaired) electrons. The fourth-order valence-electron chi connectivity index (χ4n) is 8.93. The van der Waals surface area contributed by atoms with E-state index in [1.54, 1.807) is 0 Å². The predicted molar refractivity (Wildman–Crippen MR) is 251 cm³/mol. The molecule has 278 valence electrons. The third-order valence-corrected chi connectivity index (χ3v) is 11.5. The van der Waals surface area contributed by atoms with Crippen LogP contribution in [0, 0.1) is 0 Å². The standard InChI is InChI=1S/C56H39N3/c1-5-21-42(22-6-1)57(43-23-7-2-8-24-43)46-36-41(53-38-40-20-13-14-29-48(40)49-30-15-16-31-50(49)53)37-47(39-46)58(44-25-9-3-10-26-44)55-35-19-33-52-51-32-17-18-34-54(51)59(56(52)55)45-27-11-4-12-28-45/h1-39H. The number of fused-ring (bicyclic) bond motifs is 6. The maximum atomic E-state index is 2.45. The van der Waals surface area contributed by atoms with E-state index in [1.165, 1.54) is 43.4 Å². The summed E-state index contributed by atoms with van der Waals surface area (Å²) in [5.74, 6) is 0. The third-order valence-electron chi connectivity index (χ3n) is 11.5. The highest BCUT2D eigenvalue weighted by atomic mass is 15.2. The van der Waals surface area contributed by atoms with Gasteiger partial charge in [0.1, 0.15) is 0 Å². The lowest BCUT2D eigenvalue weighted by molar-refractivity contribution is 1.17. The maximum Gasteiger partial charge on any atom is 0.0782 e. The molecule has 0 saturated carbocycles. The lowest BCUT2D eigenvalue weighted by atomic mass is 9.92. The van der Waals surface area contributed by atoms with E-state index >= 15 is 0 Å². The van der Waals surface area contributed by atoms with Crippen molar-refractivity contribution in [1.82, 2.24) is 4.57 Å². The average molecular weight is 754 g/mol. The molecule has 0 unspecified atom stereocenters. The second kappa shape index (κ2) is 14.6. The van der Waals surface area contributed by atoms with E-state index in [1.807, 2.05) is 0 Å². The van der Waals surface area contributed by atoms with Crippen LogP contribution in [0.5, 0.6) is 0 Å². The number of aromatic nitrogens is 1. The summed E-state index contributed by atoms with van der Waals surface area (Å²) < 4.78 is 2.43. The second-order valence-electron chi connectivity index (χ2n) is 15.0. The number of benzene rings is 10. The van der Waals surface area contributed by atoms with Crippen LogP contribution >= 0.6 is 0 Å². The molecule has 0 saturated heterocycles. The van der Waals surface area contributed by atoms with E-state index in [-0.39, 0.29) is 0 Å². The van der Waals surface area contributed by atoms with Crippen LogP contribution in [0.25, 0.3) is 60.2 Å². The minimum atomic E-state index is 1.05. The van der Waals surface area contributed by atoms with Crippen molar-refractivity contribution in [3.8, 4) is 16.8 Å². The molecule has 1 aromatic heterocycles. The molecule has 0 spiro atoms. The van der Waals surface area contributed by atoms with Crippen LogP contribution in [0.2, 0.25) is 0 Å². The zero-order valence-electron chi connectivity index (χ0n) is 32.4. The molecule has 0 N–H and O–H groups in total. The Bertz CT molecular complexity index is 3220. The fourth-order valence-corrected chi connectivity index (χ4v) is 8.93. The van der Waals surface area contributed by atoms with Gasteiger partial charge < -0.3 is 14.4 Å². The topological polar surface area (TPSA) is 11.4 Å². The van der Waals surface area contributed by atoms with E-state index in [9.17, 15) is 0 Å². The molecule has 3 nitrogen and oxygen atoms in total. The zero-order valence-corrected chi connectivity index (χ0v) is 32.4. The number of hydrogen-bond donors (Lipinski definition) is 0. The Morgan fingerprint density at radius 1 is 0.305 bits per heavy atom. The van der Waals surface area contributed by atoms with E-state index in [4.69, 9.17) is 0 Å². The van der Waals surface area contributed by atoms with Gasteiger partial charge >= 0.3 is 0 Å². The highest BCUT2D eigenvalue weighted by molar-refractivity contribution is 6.16. The number of rotatable bonds is 8. The molecule has 3 heteroatoms. The minimum Gasteiger partial charge on any atom is -0.310 e. The lowest BCUT2D eigenvalue weighted by Gasteiger charge is -2.31. The van der Waals surface area contributed by atoms with Crippen molar-refractivity contribution >= 4 is 77.5 Å². The summed E-state index contributed by atoms with van der Waals surface area (Å²) in [5, 5.41) is 7.36. The van der Waals surface area contributed by atoms with Gasteiger partial charge in [-0.1, -0.05) is 152 Å². The second-order valence-corrected chi connectivity index (χ2v) is 15.0. The van der Waals surface area contributed by atoms with E-state index < -0.39 is 0 Å². The van der Waals surface area contributed by atoms with Crippen molar-refractivity contribution in [2.45, 2.75) is 0 Å². The minimum absolute atomic E-state index is 1.05. The van der Waals surface area contributed by atoms with E-state index in [0.717, 1.165) is 50.9 Å². The first-order chi connectivity index (χ1) is 29.3. The first-order valence-corrected chi connectivity index (χ1v) is 20.2. The number of hydrogen-bond acceptors (Lipinski definition) is 2. The normalized spacial score (nSPS) is 11.4. The zero-order chi connectivity index (χ0) is 39.1. The first-order valence-electron chi connectivity index (χ1n) is 20.2. The summed E-state index contributed by atoms with van der Waals surface area (Å²) in [6, 6.07) is 85.5. The molecule has 1 heterocycles. The average Bonchev–Trinajstić information content (AvgIpc) is 3.65. The molecule has 0 aliphatic heterocycles. The van der Waals surface area contributed by atoms with Crippen molar-refractivity contribution in [3.63, 3.8) is 0 Å². The van der Waals surface area contributed by atoms with Gasteiger partial charge in [0.15, 0.2) is 0 Å². The molecule has 0 aliphatic rings. The smallest absolute Gasteiger partial charge is 0.0782 e. The lowest BCUT2D eigenvalue weighted by Crippen LogP contribution is -2.14. The maximum absolute atomic E-state index is 2.45. The number of nitrogens with zero attached hydrogens (tertiary/aromatic N) is 3. The van der Waals surface area contributed by atoms with E-state index in [0.29, 0.717) is 0 Å². The summed E-state index contributed by atoms with van der Waals surface area (Å²) >= 11 is 0. The summed E-state index contributed by atoms with van der Waals surface area (Å²) in [5.41, 5.74) is 12.2. The van der Waals surface area contributed by atoms with Crippen LogP contribution in [0.15, 0.2) is 237 Å². The van der Waals surface area contributed by atoms with Gasteiger partial charge in [-0.2, -0.15) is 0 Å². The van der Waals surface area contributed by atoms with Crippen LogP contribution in [-0.2, 0) is 0 Å². The predicted octanol–water partition coefficient (Wildman–Crippen LogP) is 15.7. The number of anilines is 6. The molecule has 0 bridgehead atoms. The Labute approximate surface area is 343 Å². The molecule has 0 atom stereocenters. The van der Waals surface area contributed by atoms with Crippen LogP contribution in [0.1, 0.15) is 0 Å². The van der Waals surface area contributed by atoms with Crippen molar-refractivity contribution in [3.05, 3.63) is 237 Å². The summed E-state index contributed by atoms with van der Waals surface area (Å²) in [6.45, 7) is 0. The third kappa shape index (κ3) is 6.00. The Morgan fingerprint density at radius 3 is 1.46 bits per heavy atom. The first kappa shape index (κ1) is 34.4. The van der Waals surface area contributed by atoms with Gasteiger partial charge in [-0.25, -0.2) is 0 Å². The molecular formula is C56H39N3. The molecule has 0 aliphatic carbocycles. The van der Waals surface area contributed by atoms with Gasteiger partial charge in [0.2, 0.25) is 0 Å². The van der Waals surface area contributed by atoms with Gasteiger partial charge in [0, 0.05) is 44.9 Å². The Hall–Kier alpha value is -7.88. The van der Waals surface area contributed by atoms with Crippen LogP contribution in [0.4, 0.5) is 34.1 Å². The van der Waals surface area contributed by atoms with Crippen LogP contribution in [0.3, 0.4) is 0 Å². The molecule has 0 amide bonds. The largest absolute Gasteiger partial charge is 0.310 e. The number of para-hydroxylation sites is 6. The van der Waals surface area contributed by atoms with Gasteiger partial charge in [0.05, 0.1) is 16.7 Å². The molecule has 59 heavy (non-hydrogen) atoms. The van der Waals surface area contributed by atoms with Crippen molar-refractivity contribution < 1.29 is 0 Å². The monoisotopic (exact) mass is 753 g/mol. The molecule has 11 rings (SSSR count). The Balaban J connectivity index is 1.26. The SMILES string of the molecule is c1ccc(N(c2ccccc2)c2cc(-c3cc4ccccc4c4ccccc34)cc(N(c3ccccc3)c3cccc4c5ccccc5n(-c5ccccc5)c34)c2)cc1. The summed E-state index contributed by atoms with van der Waals surface area (Å²) in [6.07, 6.45) is 0. The van der Waals surface area contributed by atoms with Crippen LogP contribution < -0.4 is 9.80 Å². The molecule has 0 fully saturated rings. The highest BCUT2D eigenvalue weighted by Crippen LogP contribution is 2.47. The fraction of sp³-hybridized carbons (Fsp3) is 0. The van der Waals surface area contributed by atoms with Gasteiger partial charge in [-0.15, -0.1) is 0 Å². The Morgan fingerprint density at radius 2 is 0.797 bits per heavy atom.